The molecule has 0 amide bonds. The Kier molecular flexibility index (Phi) is 2.86. The number of H-pyrrole nitrogens is 1. The van der Waals surface area contributed by atoms with Crippen molar-refractivity contribution in [2.24, 2.45) is 0 Å². The van der Waals surface area contributed by atoms with Gasteiger partial charge >= 0.3 is 0 Å². The molecule has 0 radical (unpaired) electrons. The molecule has 2 aromatic rings. The van der Waals surface area contributed by atoms with Gasteiger partial charge in [-0.05, 0) is 12.1 Å². The molecule has 0 spiro atoms. The fourth-order valence-corrected chi connectivity index (χ4v) is 2.16. The quantitative estimate of drug-likeness (QED) is 0.716. The van der Waals surface area contributed by atoms with Gasteiger partial charge in [0.05, 0.1) is 11.9 Å². The van der Waals surface area contributed by atoms with E-state index in [-0.39, 0.29) is 22.1 Å². The maximum atomic E-state index is 11.9. The number of nitriles is 1. The Bertz CT molecular complexity index is 697. The van der Waals surface area contributed by atoms with Crippen molar-refractivity contribution in [3.05, 3.63) is 30.2 Å². The van der Waals surface area contributed by atoms with Gasteiger partial charge in [-0.2, -0.15) is 10.4 Å². The highest BCUT2D eigenvalue weighted by Crippen LogP contribution is 2.18. The lowest BCUT2D eigenvalue weighted by atomic mass is 10.4. The lowest BCUT2D eigenvalue weighted by Gasteiger charge is -2.06. The van der Waals surface area contributed by atoms with Crippen molar-refractivity contribution < 1.29 is 8.42 Å². The highest BCUT2D eigenvalue weighted by atomic mass is 32.2. The zero-order chi connectivity index (χ0) is 13.2. The maximum Gasteiger partial charge on any atom is 0.264 e. The summed E-state index contributed by atoms with van der Waals surface area (Å²) in [7, 11) is -3.80. The fourth-order valence-electron chi connectivity index (χ4n) is 1.18. The van der Waals surface area contributed by atoms with Gasteiger partial charge < -0.3 is 5.73 Å². The number of hydrogen-bond acceptors (Lipinski definition) is 6. The lowest BCUT2D eigenvalue weighted by Crippen LogP contribution is -2.14. The van der Waals surface area contributed by atoms with Crippen LogP contribution < -0.4 is 10.5 Å². The van der Waals surface area contributed by atoms with Gasteiger partial charge in [0.25, 0.3) is 10.0 Å². The summed E-state index contributed by atoms with van der Waals surface area (Å²) in [4.78, 5) is 3.60. The number of sulfonamides is 1. The first-order valence-electron chi connectivity index (χ1n) is 4.71. The highest BCUT2D eigenvalue weighted by Gasteiger charge is 2.16. The fraction of sp³-hybridized carbons (Fsp3) is 0. The Labute approximate surface area is 103 Å². The van der Waals surface area contributed by atoms with Crippen molar-refractivity contribution >= 4 is 21.5 Å². The van der Waals surface area contributed by atoms with Crippen LogP contribution >= 0.6 is 0 Å². The highest BCUT2D eigenvalue weighted by molar-refractivity contribution is 7.92. The minimum Gasteiger partial charge on any atom is -0.394 e. The van der Waals surface area contributed by atoms with Gasteiger partial charge in [0.2, 0.25) is 0 Å². The average Bonchev–Trinajstić information content (AvgIpc) is 2.74. The van der Waals surface area contributed by atoms with Crippen LogP contribution in [0.3, 0.4) is 0 Å². The standard InChI is InChI=1S/C9H8N6O2S/c10-3-6-1-2-7(4-12-6)18(16,17)15-9-8(11)5-13-14-9/h1-2,4-5H,11H2,(H2,13,14,15). The van der Waals surface area contributed by atoms with Crippen molar-refractivity contribution in [2.75, 3.05) is 10.5 Å². The van der Waals surface area contributed by atoms with Crippen LogP contribution in [0.5, 0.6) is 0 Å². The zero-order valence-electron chi connectivity index (χ0n) is 8.95. The third-order valence-corrected chi connectivity index (χ3v) is 3.40. The zero-order valence-corrected chi connectivity index (χ0v) is 9.77. The summed E-state index contributed by atoms with van der Waals surface area (Å²) in [6.45, 7) is 0. The molecule has 4 N–H and O–H groups in total. The molecule has 0 fully saturated rings. The minimum atomic E-state index is -3.80. The van der Waals surface area contributed by atoms with E-state index in [4.69, 9.17) is 11.0 Å². The number of aromatic amines is 1. The second-order valence-electron chi connectivity index (χ2n) is 3.30. The van der Waals surface area contributed by atoms with Gasteiger partial charge in [0.1, 0.15) is 16.7 Å². The number of rotatable bonds is 3. The maximum absolute atomic E-state index is 11.9. The molecule has 0 aliphatic rings. The Morgan fingerprint density at radius 3 is 2.67 bits per heavy atom. The molecule has 2 aromatic heterocycles. The molecular weight excluding hydrogens is 256 g/mol. The number of nitrogens with one attached hydrogen (secondary N) is 2. The molecule has 0 aliphatic carbocycles. The van der Waals surface area contributed by atoms with Crippen LogP contribution in [0.2, 0.25) is 0 Å². The van der Waals surface area contributed by atoms with Crippen LogP contribution in [-0.2, 0) is 10.0 Å². The molecule has 0 saturated heterocycles. The molecule has 9 heteroatoms. The lowest BCUT2D eigenvalue weighted by molar-refractivity contribution is 0.600. The predicted molar refractivity (Wildman–Crippen MR) is 62.8 cm³/mol. The molecular formula is C9H8N6O2S. The van der Waals surface area contributed by atoms with Crippen LogP contribution in [0.4, 0.5) is 11.5 Å². The summed E-state index contributed by atoms with van der Waals surface area (Å²) in [6.07, 6.45) is 2.38. The number of hydrogen-bond donors (Lipinski definition) is 3. The number of nitrogens with zero attached hydrogens (tertiary/aromatic N) is 3. The molecule has 2 rings (SSSR count). The summed E-state index contributed by atoms with van der Waals surface area (Å²) < 4.78 is 26.1. The topological polar surface area (TPSA) is 138 Å². The summed E-state index contributed by atoms with van der Waals surface area (Å²) in [5.74, 6) is 0.0827. The summed E-state index contributed by atoms with van der Waals surface area (Å²) in [6, 6.07) is 4.39. The molecule has 0 aliphatic heterocycles. The summed E-state index contributed by atoms with van der Waals surface area (Å²) in [5, 5.41) is 14.6. The smallest absolute Gasteiger partial charge is 0.264 e. The van der Waals surface area contributed by atoms with Crippen molar-refractivity contribution in [2.45, 2.75) is 4.90 Å². The van der Waals surface area contributed by atoms with E-state index in [0.29, 0.717) is 0 Å². The van der Waals surface area contributed by atoms with Crippen LogP contribution in [0.1, 0.15) is 5.69 Å². The number of pyridine rings is 1. The van der Waals surface area contributed by atoms with Crippen molar-refractivity contribution in [3.8, 4) is 6.07 Å². The predicted octanol–water partition coefficient (Wildman–Crippen LogP) is 0.0594. The second kappa shape index (κ2) is 4.34. The normalized spacial score (nSPS) is 10.8. The Balaban J connectivity index is 2.31. The van der Waals surface area contributed by atoms with Gasteiger partial charge in [-0.25, -0.2) is 13.4 Å². The Morgan fingerprint density at radius 2 is 2.17 bits per heavy atom. The average molecular weight is 264 g/mol. The largest absolute Gasteiger partial charge is 0.394 e. The SMILES string of the molecule is N#Cc1ccc(S(=O)(=O)Nc2[nH]ncc2N)cn1. The monoisotopic (exact) mass is 264 g/mol. The van der Waals surface area contributed by atoms with Gasteiger partial charge in [0, 0.05) is 6.20 Å². The van der Waals surface area contributed by atoms with Crippen molar-refractivity contribution in [1.82, 2.24) is 15.2 Å². The van der Waals surface area contributed by atoms with Gasteiger partial charge in [-0.1, -0.05) is 0 Å². The van der Waals surface area contributed by atoms with Crippen LogP contribution in [0.25, 0.3) is 0 Å². The first-order chi connectivity index (χ1) is 8.53. The Morgan fingerprint density at radius 1 is 1.39 bits per heavy atom. The van der Waals surface area contributed by atoms with E-state index >= 15 is 0 Å². The third-order valence-electron chi connectivity index (χ3n) is 2.07. The molecule has 2 heterocycles. The van der Waals surface area contributed by atoms with Crippen LogP contribution in [0, 0.1) is 11.3 Å². The third kappa shape index (κ3) is 2.23. The van der Waals surface area contributed by atoms with E-state index in [2.05, 4.69) is 19.9 Å². The van der Waals surface area contributed by atoms with Crippen LogP contribution in [0.15, 0.2) is 29.4 Å². The first kappa shape index (κ1) is 11.9. The number of anilines is 2. The molecule has 92 valence electrons. The summed E-state index contributed by atoms with van der Waals surface area (Å²) >= 11 is 0. The second-order valence-corrected chi connectivity index (χ2v) is 4.98. The van der Waals surface area contributed by atoms with Gasteiger partial charge in [0.15, 0.2) is 5.82 Å². The minimum absolute atomic E-state index is 0.0736. The molecule has 18 heavy (non-hydrogen) atoms. The van der Waals surface area contributed by atoms with E-state index in [0.717, 1.165) is 6.20 Å². The van der Waals surface area contributed by atoms with E-state index in [9.17, 15) is 8.42 Å². The Hall–Kier alpha value is -2.60. The van der Waals surface area contributed by atoms with E-state index < -0.39 is 10.0 Å². The van der Waals surface area contributed by atoms with E-state index in [1.54, 1.807) is 6.07 Å². The molecule has 8 nitrogen and oxygen atoms in total. The van der Waals surface area contributed by atoms with E-state index in [1.807, 2.05) is 0 Å². The van der Waals surface area contributed by atoms with Crippen LogP contribution in [-0.4, -0.2) is 23.6 Å². The van der Waals surface area contributed by atoms with Gasteiger partial charge in [-0.3, -0.25) is 9.82 Å². The summed E-state index contributed by atoms with van der Waals surface area (Å²) in [5.41, 5.74) is 5.81. The van der Waals surface area contributed by atoms with E-state index in [1.165, 1.54) is 18.3 Å². The number of nitrogen functional groups attached to an aromatic ring is 1. The number of nitrogens with two attached hydrogens (primary N) is 1. The molecule has 0 aromatic carbocycles. The van der Waals surface area contributed by atoms with Gasteiger partial charge in [-0.15, -0.1) is 0 Å². The molecule has 0 atom stereocenters. The first-order valence-corrected chi connectivity index (χ1v) is 6.19. The van der Waals surface area contributed by atoms with Crippen molar-refractivity contribution in [3.63, 3.8) is 0 Å². The molecule has 0 saturated carbocycles. The number of aromatic nitrogens is 3. The molecule has 0 unspecified atom stereocenters. The van der Waals surface area contributed by atoms with Crippen molar-refractivity contribution in [1.29, 1.82) is 5.26 Å². The molecule has 0 bridgehead atoms.